The third kappa shape index (κ3) is 5.31. The molecule has 0 spiro atoms. The van der Waals surface area contributed by atoms with E-state index in [0.29, 0.717) is 6.61 Å². The summed E-state index contributed by atoms with van der Waals surface area (Å²) in [6, 6.07) is 18.8. The SMILES string of the molecule is CCOc1ccc(-c2ccccc2)cc1N1CCN(c2ncccn2)CC1.Cl.Cl. The van der Waals surface area contributed by atoms with Crippen LogP contribution in [0.5, 0.6) is 5.75 Å². The van der Waals surface area contributed by atoms with Crippen molar-refractivity contribution in [3.8, 4) is 16.9 Å². The van der Waals surface area contributed by atoms with Gasteiger partial charge in [-0.25, -0.2) is 9.97 Å². The molecule has 154 valence electrons. The van der Waals surface area contributed by atoms with Gasteiger partial charge in [0, 0.05) is 38.6 Å². The van der Waals surface area contributed by atoms with E-state index in [1.165, 1.54) is 11.1 Å². The largest absolute Gasteiger partial charge is 0.492 e. The molecular weight excluding hydrogens is 407 g/mol. The van der Waals surface area contributed by atoms with Crippen LogP contribution in [0.1, 0.15) is 6.92 Å². The summed E-state index contributed by atoms with van der Waals surface area (Å²) < 4.78 is 5.91. The topological polar surface area (TPSA) is 41.5 Å². The summed E-state index contributed by atoms with van der Waals surface area (Å²) in [4.78, 5) is 13.4. The van der Waals surface area contributed by atoms with Crippen LogP contribution in [0.3, 0.4) is 0 Å². The zero-order chi connectivity index (χ0) is 18.5. The predicted molar refractivity (Wildman–Crippen MR) is 124 cm³/mol. The molecule has 4 rings (SSSR count). The van der Waals surface area contributed by atoms with Gasteiger partial charge < -0.3 is 14.5 Å². The molecule has 2 aromatic carbocycles. The molecule has 5 nitrogen and oxygen atoms in total. The first-order valence-corrected chi connectivity index (χ1v) is 9.44. The van der Waals surface area contributed by atoms with Gasteiger partial charge in [0.25, 0.3) is 0 Å². The first-order chi connectivity index (χ1) is 13.3. The minimum atomic E-state index is 0. The van der Waals surface area contributed by atoms with Crippen LogP contribution in [0.4, 0.5) is 11.6 Å². The quantitative estimate of drug-likeness (QED) is 0.583. The number of anilines is 2. The third-order valence-electron chi connectivity index (χ3n) is 4.82. The summed E-state index contributed by atoms with van der Waals surface area (Å²) in [5.74, 6) is 1.75. The van der Waals surface area contributed by atoms with Crippen molar-refractivity contribution in [1.29, 1.82) is 0 Å². The Morgan fingerprint density at radius 3 is 2.10 bits per heavy atom. The zero-order valence-electron chi connectivity index (χ0n) is 16.4. The minimum Gasteiger partial charge on any atom is -0.492 e. The molecule has 29 heavy (non-hydrogen) atoms. The van der Waals surface area contributed by atoms with Crippen LogP contribution in [0.2, 0.25) is 0 Å². The van der Waals surface area contributed by atoms with Gasteiger partial charge in [0.2, 0.25) is 5.95 Å². The lowest BCUT2D eigenvalue weighted by atomic mass is 10.0. The summed E-state index contributed by atoms with van der Waals surface area (Å²) in [7, 11) is 0. The first kappa shape index (κ1) is 22.8. The Kier molecular flexibility index (Phi) is 8.55. The number of aromatic nitrogens is 2. The lowest BCUT2D eigenvalue weighted by Gasteiger charge is -2.36. The van der Waals surface area contributed by atoms with E-state index in [-0.39, 0.29) is 24.8 Å². The highest BCUT2D eigenvalue weighted by Crippen LogP contribution is 2.34. The monoisotopic (exact) mass is 432 g/mol. The van der Waals surface area contributed by atoms with Crippen molar-refractivity contribution in [2.75, 3.05) is 42.6 Å². The fraction of sp³-hybridized carbons (Fsp3) is 0.273. The average Bonchev–Trinajstić information content (AvgIpc) is 2.76. The summed E-state index contributed by atoms with van der Waals surface area (Å²) in [6.07, 6.45) is 3.59. The van der Waals surface area contributed by atoms with E-state index < -0.39 is 0 Å². The predicted octanol–water partition coefficient (Wildman–Crippen LogP) is 4.71. The molecule has 0 amide bonds. The highest BCUT2D eigenvalue weighted by Gasteiger charge is 2.21. The molecule has 1 saturated heterocycles. The van der Waals surface area contributed by atoms with Crippen LogP contribution < -0.4 is 14.5 Å². The Balaban J connectivity index is 0.00000150. The molecule has 0 radical (unpaired) electrons. The molecule has 2 heterocycles. The van der Waals surface area contributed by atoms with Crippen molar-refractivity contribution in [2.45, 2.75) is 6.92 Å². The van der Waals surface area contributed by atoms with Gasteiger partial charge in [0.15, 0.2) is 0 Å². The number of hydrogen-bond donors (Lipinski definition) is 0. The second-order valence-electron chi connectivity index (χ2n) is 6.50. The minimum absolute atomic E-state index is 0. The molecule has 0 bridgehead atoms. The summed E-state index contributed by atoms with van der Waals surface area (Å²) in [6.45, 7) is 6.30. The lowest BCUT2D eigenvalue weighted by molar-refractivity contribution is 0.340. The molecule has 1 aromatic heterocycles. The molecular formula is C22H26Cl2N4O. The van der Waals surface area contributed by atoms with Crippen LogP contribution >= 0.6 is 24.8 Å². The normalized spacial score (nSPS) is 13.3. The van der Waals surface area contributed by atoms with Crippen molar-refractivity contribution in [2.24, 2.45) is 0 Å². The van der Waals surface area contributed by atoms with Gasteiger partial charge in [-0.2, -0.15) is 0 Å². The molecule has 1 aliphatic rings. The number of benzene rings is 2. The van der Waals surface area contributed by atoms with E-state index in [1.807, 2.05) is 19.1 Å². The number of piperazine rings is 1. The number of ether oxygens (including phenoxy) is 1. The fourth-order valence-corrected chi connectivity index (χ4v) is 3.45. The maximum Gasteiger partial charge on any atom is 0.225 e. The molecule has 0 saturated carbocycles. The smallest absolute Gasteiger partial charge is 0.225 e. The summed E-state index contributed by atoms with van der Waals surface area (Å²) in [5, 5.41) is 0. The Morgan fingerprint density at radius 2 is 1.45 bits per heavy atom. The third-order valence-corrected chi connectivity index (χ3v) is 4.82. The molecule has 0 N–H and O–H groups in total. The number of rotatable bonds is 5. The molecule has 0 unspecified atom stereocenters. The van der Waals surface area contributed by atoms with E-state index in [9.17, 15) is 0 Å². The zero-order valence-corrected chi connectivity index (χ0v) is 18.0. The van der Waals surface area contributed by atoms with Crippen LogP contribution in [-0.2, 0) is 0 Å². The molecule has 7 heteroatoms. The van der Waals surface area contributed by atoms with E-state index in [1.54, 1.807) is 12.4 Å². The van der Waals surface area contributed by atoms with Crippen LogP contribution in [0, 0.1) is 0 Å². The van der Waals surface area contributed by atoms with Gasteiger partial charge in [0.1, 0.15) is 5.75 Å². The first-order valence-electron chi connectivity index (χ1n) is 9.44. The van der Waals surface area contributed by atoms with E-state index in [4.69, 9.17) is 4.74 Å². The van der Waals surface area contributed by atoms with Gasteiger partial charge in [-0.3, -0.25) is 0 Å². The van der Waals surface area contributed by atoms with Crippen molar-refractivity contribution >= 4 is 36.4 Å². The van der Waals surface area contributed by atoms with Gasteiger partial charge in [-0.1, -0.05) is 36.4 Å². The van der Waals surface area contributed by atoms with E-state index in [0.717, 1.165) is 43.6 Å². The Hall–Kier alpha value is -2.50. The highest BCUT2D eigenvalue weighted by atomic mass is 35.5. The van der Waals surface area contributed by atoms with E-state index >= 15 is 0 Å². The molecule has 0 aliphatic carbocycles. The summed E-state index contributed by atoms with van der Waals surface area (Å²) >= 11 is 0. The van der Waals surface area contributed by atoms with E-state index in [2.05, 4.69) is 62.2 Å². The fourth-order valence-electron chi connectivity index (χ4n) is 3.45. The Bertz CT molecular complexity index is 872. The van der Waals surface area contributed by atoms with Crippen molar-refractivity contribution < 1.29 is 4.74 Å². The van der Waals surface area contributed by atoms with Gasteiger partial charge in [0.05, 0.1) is 12.3 Å². The maximum atomic E-state index is 5.91. The number of hydrogen-bond acceptors (Lipinski definition) is 5. The van der Waals surface area contributed by atoms with Crippen LogP contribution in [0.15, 0.2) is 67.0 Å². The molecule has 3 aromatic rings. The number of nitrogens with zero attached hydrogens (tertiary/aromatic N) is 4. The van der Waals surface area contributed by atoms with Crippen LogP contribution in [0.25, 0.3) is 11.1 Å². The molecule has 1 fully saturated rings. The van der Waals surface area contributed by atoms with Crippen molar-refractivity contribution in [3.05, 3.63) is 67.0 Å². The van der Waals surface area contributed by atoms with Gasteiger partial charge in [-0.05, 0) is 36.2 Å². The van der Waals surface area contributed by atoms with Gasteiger partial charge in [-0.15, -0.1) is 24.8 Å². The Labute approximate surface area is 184 Å². The summed E-state index contributed by atoms with van der Waals surface area (Å²) in [5.41, 5.74) is 3.59. The lowest BCUT2D eigenvalue weighted by Crippen LogP contribution is -2.47. The van der Waals surface area contributed by atoms with Crippen molar-refractivity contribution in [1.82, 2.24) is 9.97 Å². The van der Waals surface area contributed by atoms with Gasteiger partial charge >= 0.3 is 0 Å². The second kappa shape index (κ2) is 10.9. The second-order valence-corrected chi connectivity index (χ2v) is 6.50. The average molecular weight is 433 g/mol. The molecule has 1 aliphatic heterocycles. The standard InChI is InChI=1S/C22H24N4O.2ClH/c1-2-27-21-10-9-19(18-7-4-3-5-8-18)17-20(21)25-13-15-26(16-14-25)22-23-11-6-12-24-22;;/h3-12,17H,2,13-16H2,1H3;2*1H. The van der Waals surface area contributed by atoms with Crippen molar-refractivity contribution in [3.63, 3.8) is 0 Å². The Morgan fingerprint density at radius 1 is 0.793 bits per heavy atom. The maximum absolute atomic E-state index is 5.91. The molecule has 0 atom stereocenters. The van der Waals surface area contributed by atoms with Crippen LogP contribution in [-0.4, -0.2) is 42.8 Å². The highest BCUT2D eigenvalue weighted by molar-refractivity contribution is 5.85. The number of halogens is 2.